The number of pyridine rings is 1. The fraction of sp³-hybridized carbons (Fsp3) is 0.250. The molecule has 1 aromatic heterocycles. The summed E-state index contributed by atoms with van der Waals surface area (Å²) in [4.78, 5) is 13.4. The zero-order valence-electron chi connectivity index (χ0n) is 14.4. The predicted octanol–water partition coefficient (Wildman–Crippen LogP) is 2.59. The number of allylic oxidation sites excluding steroid dienone is 1. The van der Waals surface area contributed by atoms with Gasteiger partial charge >= 0.3 is 0 Å². The van der Waals surface area contributed by atoms with Crippen molar-refractivity contribution in [3.63, 3.8) is 0 Å². The van der Waals surface area contributed by atoms with E-state index in [1.807, 2.05) is 59.8 Å². The van der Waals surface area contributed by atoms with E-state index in [0.717, 1.165) is 49.1 Å². The Bertz CT molecular complexity index is 861. The molecule has 26 heavy (non-hydrogen) atoms. The molecule has 0 spiro atoms. The number of hydrogen-bond acceptors (Lipinski definition) is 6. The molecule has 0 saturated carbocycles. The zero-order valence-corrected chi connectivity index (χ0v) is 14.4. The second kappa shape index (κ2) is 7.38. The fourth-order valence-electron chi connectivity index (χ4n) is 3.10. The Balaban J connectivity index is 1.53. The Hall–Kier alpha value is -3.17. The van der Waals surface area contributed by atoms with E-state index >= 15 is 0 Å². The molecule has 1 fully saturated rings. The lowest BCUT2D eigenvalue weighted by Crippen LogP contribution is -2.36. The van der Waals surface area contributed by atoms with Crippen molar-refractivity contribution in [3.05, 3.63) is 66.0 Å². The number of aliphatic imine (C=N–C) groups is 1. The smallest absolute Gasteiger partial charge is 0.128 e. The molecule has 1 saturated heterocycles. The number of nitriles is 1. The first kappa shape index (κ1) is 16.3. The van der Waals surface area contributed by atoms with Gasteiger partial charge in [-0.15, -0.1) is 0 Å². The molecule has 0 amide bonds. The average Bonchev–Trinajstić information content (AvgIpc) is 2.74. The molecule has 2 aliphatic heterocycles. The Morgan fingerprint density at radius 3 is 2.54 bits per heavy atom. The molecule has 0 atom stereocenters. The van der Waals surface area contributed by atoms with Gasteiger partial charge < -0.3 is 14.5 Å². The second-order valence-corrected chi connectivity index (χ2v) is 6.11. The van der Waals surface area contributed by atoms with Gasteiger partial charge in [0.2, 0.25) is 0 Å². The highest BCUT2D eigenvalue weighted by Crippen LogP contribution is 2.23. The molecule has 0 bridgehead atoms. The van der Waals surface area contributed by atoms with Crippen molar-refractivity contribution in [1.82, 2.24) is 4.98 Å². The van der Waals surface area contributed by atoms with Gasteiger partial charge in [0.15, 0.2) is 0 Å². The molecule has 2 aromatic rings. The summed E-state index contributed by atoms with van der Waals surface area (Å²) in [6.45, 7) is 3.66. The molecule has 6 nitrogen and oxygen atoms in total. The predicted molar refractivity (Wildman–Crippen MR) is 101 cm³/mol. The van der Waals surface area contributed by atoms with Crippen LogP contribution in [0.1, 0.15) is 5.56 Å². The minimum Gasteiger partial charge on any atom is -0.378 e. The van der Waals surface area contributed by atoms with Crippen LogP contribution < -0.4 is 9.80 Å². The third-order valence-corrected chi connectivity index (χ3v) is 4.49. The van der Waals surface area contributed by atoms with Crippen LogP contribution in [0.3, 0.4) is 0 Å². The highest BCUT2D eigenvalue weighted by atomic mass is 16.5. The van der Waals surface area contributed by atoms with Crippen molar-refractivity contribution in [2.75, 3.05) is 42.8 Å². The van der Waals surface area contributed by atoms with E-state index in [9.17, 15) is 5.26 Å². The SMILES string of the molecule is N#CC1=CN(c2ccc(N3CCOCC3)nc2)CN=C1c1ccccc1. The van der Waals surface area contributed by atoms with E-state index in [2.05, 4.69) is 20.9 Å². The molecular formula is C20H19N5O. The molecule has 2 aliphatic rings. The standard InChI is InChI=1S/C20H19N5O/c21-12-17-14-25(15-23-20(17)16-4-2-1-3-5-16)18-6-7-19(22-13-18)24-8-10-26-11-9-24/h1-7,13-14H,8-11,15H2. The molecule has 3 heterocycles. The maximum absolute atomic E-state index is 9.54. The van der Waals surface area contributed by atoms with E-state index in [1.165, 1.54) is 0 Å². The lowest BCUT2D eigenvalue weighted by molar-refractivity contribution is 0.122. The van der Waals surface area contributed by atoms with Crippen LogP contribution in [0.25, 0.3) is 0 Å². The summed E-state index contributed by atoms with van der Waals surface area (Å²) in [5, 5.41) is 9.54. The van der Waals surface area contributed by atoms with Crippen LogP contribution in [0, 0.1) is 11.3 Å². The number of morpholine rings is 1. The first-order chi connectivity index (χ1) is 12.8. The maximum Gasteiger partial charge on any atom is 0.128 e. The molecule has 1 aromatic carbocycles. The Morgan fingerprint density at radius 1 is 1.04 bits per heavy atom. The van der Waals surface area contributed by atoms with Crippen LogP contribution in [0.15, 0.2) is 65.4 Å². The van der Waals surface area contributed by atoms with Gasteiger partial charge in [-0.3, -0.25) is 4.99 Å². The molecule has 4 rings (SSSR count). The summed E-state index contributed by atoms with van der Waals surface area (Å²) in [5.41, 5.74) is 3.17. The Labute approximate surface area is 152 Å². The molecule has 0 aliphatic carbocycles. The summed E-state index contributed by atoms with van der Waals surface area (Å²) in [5.74, 6) is 0.951. The van der Waals surface area contributed by atoms with Gasteiger partial charge in [-0.25, -0.2) is 4.98 Å². The maximum atomic E-state index is 9.54. The molecule has 0 radical (unpaired) electrons. The summed E-state index contributed by atoms with van der Waals surface area (Å²) in [7, 11) is 0. The molecule has 130 valence electrons. The Morgan fingerprint density at radius 2 is 1.85 bits per heavy atom. The van der Waals surface area contributed by atoms with Gasteiger partial charge in [-0.1, -0.05) is 30.3 Å². The Kier molecular flexibility index (Phi) is 4.63. The van der Waals surface area contributed by atoms with Crippen LogP contribution >= 0.6 is 0 Å². The molecule has 0 N–H and O–H groups in total. The van der Waals surface area contributed by atoms with Crippen molar-refractivity contribution < 1.29 is 4.74 Å². The number of hydrogen-bond donors (Lipinski definition) is 0. The molecular weight excluding hydrogens is 326 g/mol. The molecule has 6 heteroatoms. The number of aromatic nitrogens is 1. The normalized spacial score (nSPS) is 17.3. The van der Waals surface area contributed by atoms with Crippen LogP contribution in [0.5, 0.6) is 0 Å². The van der Waals surface area contributed by atoms with Crippen molar-refractivity contribution >= 4 is 17.2 Å². The monoisotopic (exact) mass is 345 g/mol. The number of ether oxygens (including phenoxy) is 1. The van der Waals surface area contributed by atoms with Crippen molar-refractivity contribution in [2.24, 2.45) is 4.99 Å². The second-order valence-electron chi connectivity index (χ2n) is 6.11. The highest BCUT2D eigenvalue weighted by Gasteiger charge is 2.18. The van der Waals surface area contributed by atoms with Crippen molar-refractivity contribution in [2.45, 2.75) is 0 Å². The van der Waals surface area contributed by atoms with E-state index in [1.54, 1.807) is 0 Å². The molecule has 0 unspecified atom stereocenters. The van der Waals surface area contributed by atoms with Gasteiger partial charge in [0.25, 0.3) is 0 Å². The summed E-state index contributed by atoms with van der Waals surface area (Å²) in [6, 6.07) is 16.1. The minimum absolute atomic E-state index is 0.466. The lowest BCUT2D eigenvalue weighted by atomic mass is 10.0. The van der Waals surface area contributed by atoms with E-state index < -0.39 is 0 Å². The zero-order chi connectivity index (χ0) is 17.8. The number of rotatable bonds is 3. The quantitative estimate of drug-likeness (QED) is 0.855. The van der Waals surface area contributed by atoms with Crippen LogP contribution in [-0.2, 0) is 4.74 Å². The van der Waals surface area contributed by atoms with Crippen molar-refractivity contribution in [1.29, 1.82) is 5.26 Å². The van der Waals surface area contributed by atoms with Gasteiger partial charge in [-0.05, 0) is 12.1 Å². The average molecular weight is 345 g/mol. The first-order valence-electron chi connectivity index (χ1n) is 8.63. The minimum atomic E-state index is 0.466. The van der Waals surface area contributed by atoms with Crippen LogP contribution in [0.2, 0.25) is 0 Å². The van der Waals surface area contributed by atoms with E-state index in [0.29, 0.717) is 12.2 Å². The number of benzene rings is 1. The van der Waals surface area contributed by atoms with Gasteiger partial charge in [0.05, 0.1) is 36.4 Å². The third-order valence-electron chi connectivity index (χ3n) is 4.49. The van der Waals surface area contributed by atoms with Gasteiger partial charge in [0.1, 0.15) is 18.6 Å². The third kappa shape index (κ3) is 3.30. The summed E-state index contributed by atoms with van der Waals surface area (Å²) >= 11 is 0. The summed E-state index contributed by atoms with van der Waals surface area (Å²) < 4.78 is 5.38. The van der Waals surface area contributed by atoms with Gasteiger partial charge in [-0.2, -0.15) is 5.26 Å². The first-order valence-corrected chi connectivity index (χ1v) is 8.63. The largest absolute Gasteiger partial charge is 0.378 e. The number of anilines is 2. The van der Waals surface area contributed by atoms with Crippen LogP contribution in [0.4, 0.5) is 11.5 Å². The van der Waals surface area contributed by atoms with Gasteiger partial charge in [0, 0.05) is 24.9 Å². The van der Waals surface area contributed by atoms with Crippen LogP contribution in [-0.4, -0.2) is 43.7 Å². The fourth-order valence-corrected chi connectivity index (χ4v) is 3.10. The lowest BCUT2D eigenvalue weighted by Gasteiger charge is -2.28. The highest BCUT2D eigenvalue weighted by molar-refractivity contribution is 6.15. The summed E-state index contributed by atoms with van der Waals surface area (Å²) in [6.07, 6.45) is 3.68. The van der Waals surface area contributed by atoms with E-state index in [-0.39, 0.29) is 0 Å². The topological polar surface area (TPSA) is 64.8 Å². The van der Waals surface area contributed by atoms with Crippen molar-refractivity contribution in [3.8, 4) is 6.07 Å². The van der Waals surface area contributed by atoms with E-state index in [4.69, 9.17) is 4.74 Å². The number of nitrogens with zero attached hydrogens (tertiary/aromatic N) is 5.